The van der Waals surface area contributed by atoms with Gasteiger partial charge < -0.3 is 46.3 Å². The van der Waals surface area contributed by atoms with Crippen molar-refractivity contribution in [3.05, 3.63) is 99.6 Å². The molecule has 4 fully saturated rings. The van der Waals surface area contributed by atoms with Crippen molar-refractivity contribution in [2.75, 3.05) is 13.1 Å². The summed E-state index contributed by atoms with van der Waals surface area (Å²) in [6.07, 6.45) is 4.63. The first kappa shape index (κ1) is 60.8. The third kappa shape index (κ3) is 13.3. The smallest absolute Gasteiger partial charge is 0.370 e. The monoisotopic (exact) mass is 1200 g/mol. The minimum absolute atomic E-state index is 0.00679. The molecule has 0 bridgehead atoms. The highest BCUT2D eigenvalue weighted by atomic mass is 32.2. The van der Waals surface area contributed by atoms with Crippen LogP contribution in [-0.4, -0.2) is 137 Å². The molecule has 0 radical (unpaired) electrons. The molecule has 1 aliphatic carbocycles. The van der Waals surface area contributed by atoms with E-state index in [4.69, 9.17) is 5.73 Å². The Morgan fingerprint density at radius 3 is 2.21 bits per heavy atom. The first-order valence-corrected chi connectivity index (χ1v) is 31.3. The lowest BCUT2D eigenvalue weighted by atomic mass is 9.78. The summed E-state index contributed by atoms with van der Waals surface area (Å²) in [4.78, 5) is 159. The minimum atomic E-state index is -5.14. The summed E-state index contributed by atoms with van der Waals surface area (Å²) in [7, 11) is -7.04. The summed E-state index contributed by atoms with van der Waals surface area (Å²) in [5.41, 5.74) is 6.48. The van der Waals surface area contributed by atoms with Crippen LogP contribution in [0.5, 0.6) is 0 Å². The third-order valence-electron chi connectivity index (χ3n) is 16.8. The standard InChI is InChI=1S/C57H69N10O15PS/c1-31(2)84(81,82)39-13-8-34(9-14-39)29-59-51(71)41(16-20-48(58)68)61-53(73)45-18-12-38-22-23-65(30-43(55(75)66(38)45)62-52(72)42-28-37-27-36(11-15-40(37)60-42)56(76)83(78,79)80)50(70)26-33-6-4-32(5-7-33)24-35-10-17-44-47(25-35)64(3)57(77)67(44)46-19-21-49(69)63-54(46)74/h8-11,13-15,17,25,27-28,31-33,38,41,43,45-46,60H,4-7,12,16,18-24,26,29-30H2,1-3H3,(H2,58,68)(H,59,71)(H,61,73)(H,62,72)(H,63,69,74)(H2,78,79,80)/t32?,33?,38-,41+,43+,45+,46?/m1/s1. The van der Waals surface area contributed by atoms with Gasteiger partial charge in [-0.2, -0.15) is 0 Å². The molecule has 3 aromatic carbocycles. The number of hydrogen-bond acceptors (Lipinski definition) is 13. The molecule has 0 spiro atoms. The topological polar surface area (TPSA) is 369 Å². The molecule has 3 saturated heterocycles. The average molecular weight is 1200 g/mol. The van der Waals surface area contributed by atoms with Crippen LogP contribution in [0.1, 0.15) is 129 Å². The number of aromatic amines is 1. The Bertz CT molecular complexity index is 3690. The van der Waals surface area contributed by atoms with Crippen molar-refractivity contribution >= 4 is 92.2 Å². The largest absolute Gasteiger partial charge is 0.396 e. The van der Waals surface area contributed by atoms with Crippen LogP contribution in [0, 0.1) is 11.8 Å². The molecule has 5 heterocycles. The van der Waals surface area contributed by atoms with Gasteiger partial charge in [0.2, 0.25) is 41.4 Å². The molecular weight excluding hydrogens is 1130 g/mol. The average Bonchev–Trinajstić information content (AvgIpc) is 2.37. The van der Waals surface area contributed by atoms with Gasteiger partial charge in [0, 0.05) is 68.5 Å². The van der Waals surface area contributed by atoms with Gasteiger partial charge >= 0.3 is 13.3 Å². The van der Waals surface area contributed by atoms with Gasteiger partial charge in [-0.1, -0.05) is 18.2 Å². The molecule has 448 valence electrons. The number of sulfone groups is 1. The van der Waals surface area contributed by atoms with E-state index in [-0.39, 0.29) is 115 Å². The number of H-pyrrole nitrogens is 1. The number of benzene rings is 3. The Morgan fingerprint density at radius 2 is 1.54 bits per heavy atom. The number of aromatic nitrogens is 3. The molecular formula is C57H69N10O15PS. The molecule has 1 saturated carbocycles. The fourth-order valence-electron chi connectivity index (χ4n) is 12.1. The lowest BCUT2D eigenvalue weighted by Gasteiger charge is -2.39. The van der Waals surface area contributed by atoms with Crippen LogP contribution in [0.4, 0.5) is 0 Å². The Labute approximate surface area is 482 Å². The Hall–Kier alpha value is -7.80. The number of amides is 8. The van der Waals surface area contributed by atoms with Crippen LogP contribution in [0.25, 0.3) is 21.9 Å². The predicted molar refractivity (Wildman–Crippen MR) is 304 cm³/mol. The van der Waals surface area contributed by atoms with Gasteiger partial charge in [-0.05, 0) is 150 Å². The van der Waals surface area contributed by atoms with Crippen LogP contribution >= 0.6 is 7.60 Å². The molecule has 9 rings (SSSR count). The van der Waals surface area contributed by atoms with Crippen molar-refractivity contribution in [3.63, 3.8) is 0 Å². The molecule has 25 nitrogen and oxygen atoms in total. The van der Waals surface area contributed by atoms with Gasteiger partial charge in [-0.25, -0.2) is 13.2 Å². The van der Waals surface area contributed by atoms with E-state index in [1.165, 1.54) is 50.4 Å². The molecule has 8 amide bonds. The third-order valence-corrected chi connectivity index (χ3v) is 19.8. The van der Waals surface area contributed by atoms with E-state index in [1.807, 2.05) is 18.2 Å². The molecule has 5 atom stereocenters. The summed E-state index contributed by atoms with van der Waals surface area (Å²) in [5.74, 6) is -4.43. The summed E-state index contributed by atoms with van der Waals surface area (Å²) >= 11 is 0. The van der Waals surface area contributed by atoms with E-state index in [2.05, 4.69) is 26.3 Å². The maximum Gasteiger partial charge on any atom is 0.396 e. The predicted octanol–water partition coefficient (Wildman–Crippen LogP) is 2.50. The zero-order valence-corrected chi connectivity index (χ0v) is 48.4. The fourth-order valence-corrected chi connectivity index (χ4v) is 13.6. The lowest BCUT2D eigenvalue weighted by Crippen LogP contribution is -2.62. The van der Waals surface area contributed by atoms with Gasteiger partial charge in [0.1, 0.15) is 29.9 Å². The maximum absolute atomic E-state index is 15.1. The Kier molecular flexibility index (Phi) is 17.9. The number of nitrogens with one attached hydrogen (secondary N) is 5. The maximum atomic E-state index is 15.1. The summed E-state index contributed by atoms with van der Waals surface area (Å²) in [6, 6.07) is 11.6. The Morgan fingerprint density at radius 1 is 0.833 bits per heavy atom. The number of imidazole rings is 1. The highest BCUT2D eigenvalue weighted by Gasteiger charge is 2.46. The molecule has 27 heteroatoms. The highest BCUT2D eigenvalue weighted by molar-refractivity contribution is 7.92. The van der Waals surface area contributed by atoms with Crippen molar-refractivity contribution in [2.24, 2.45) is 24.6 Å². The second-order valence-electron chi connectivity index (χ2n) is 22.8. The summed E-state index contributed by atoms with van der Waals surface area (Å²) < 4.78 is 40.0. The van der Waals surface area contributed by atoms with Crippen molar-refractivity contribution in [2.45, 2.75) is 144 Å². The number of rotatable bonds is 19. The van der Waals surface area contributed by atoms with E-state index in [0.29, 0.717) is 28.5 Å². The number of nitrogens with two attached hydrogens (primary N) is 1. The van der Waals surface area contributed by atoms with E-state index < -0.39 is 93.9 Å². The number of nitrogens with zero attached hydrogens (tertiary/aromatic N) is 4. The van der Waals surface area contributed by atoms with Gasteiger partial charge in [-0.3, -0.25) is 62.2 Å². The fraction of sp³-hybridized carbons (Fsp3) is 0.474. The molecule has 2 aromatic heterocycles. The summed E-state index contributed by atoms with van der Waals surface area (Å²) in [5, 5.41) is 10.1. The number of primary amides is 1. The van der Waals surface area contributed by atoms with Crippen LogP contribution in [0.15, 0.2) is 76.4 Å². The number of carbonyl (C=O) groups excluding carboxylic acids is 9. The number of hydrogen-bond donors (Lipinski definition) is 8. The van der Waals surface area contributed by atoms with Gasteiger partial charge in [0.15, 0.2) is 9.84 Å². The van der Waals surface area contributed by atoms with E-state index >= 15 is 4.79 Å². The van der Waals surface area contributed by atoms with Crippen molar-refractivity contribution < 1.29 is 65.9 Å². The number of fused-ring (bicyclic) bond motifs is 3. The number of aryl methyl sites for hydroxylation is 1. The first-order chi connectivity index (χ1) is 39.8. The molecule has 84 heavy (non-hydrogen) atoms. The van der Waals surface area contributed by atoms with Crippen LogP contribution in [0.2, 0.25) is 0 Å². The van der Waals surface area contributed by atoms with E-state index in [9.17, 15) is 65.9 Å². The molecule has 1 unspecified atom stereocenters. The number of piperidine rings is 1. The normalized spacial score (nSPS) is 21.8. The highest BCUT2D eigenvalue weighted by Crippen LogP contribution is 2.40. The quantitative estimate of drug-likeness (QED) is 0.0435. The second kappa shape index (κ2) is 24.8. The van der Waals surface area contributed by atoms with Crippen molar-refractivity contribution in [3.8, 4) is 0 Å². The van der Waals surface area contributed by atoms with Crippen LogP contribution in [0.3, 0.4) is 0 Å². The lowest BCUT2D eigenvalue weighted by molar-refractivity contribution is -0.146. The molecule has 9 N–H and O–H groups in total. The molecule has 4 aliphatic rings. The second-order valence-corrected chi connectivity index (χ2v) is 26.8. The zero-order valence-electron chi connectivity index (χ0n) is 46.7. The van der Waals surface area contributed by atoms with Crippen molar-refractivity contribution in [1.82, 2.24) is 45.2 Å². The summed E-state index contributed by atoms with van der Waals surface area (Å²) in [6.45, 7) is 2.96. The van der Waals surface area contributed by atoms with Gasteiger partial charge in [0.25, 0.3) is 11.4 Å². The van der Waals surface area contributed by atoms with Gasteiger partial charge in [-0.15, -0.1) is 0 Å². The SMILES string of the molecule is CC(C)S(=O)(=O)c1ccc(CNC(=O)[C@H](CCC(N)=O)NC(=O)[C@@H]2CC[C@@H]3CCN(C(=O)CC4CCC(Cc5ccc6c(c5)n(C)c(=O)n6C5CCC(=O)NC5=O)CC4)C[C@H](NC(=O)c4cc5cc(C(=O)P(=O)(O)O)ccc5[nH]4)C(=O)N32)cc1. The van der Waals surface area contributed by atoms with Gasteiger partial charge in [0.05, 0.1) is 21.2 Å². The zero-order chi connectivity index (χ0) is 60.5. The van der Waals surface area contributed by atoms with Crippen LogP contribution in [-0.2, 0) is 68.0 Å². The van der Waals surface area contributed by atoms with Crippen molar-refractivity contribution in [1.29, 1.82) is 0 Å². The molecule has 3 aliphatic heterocycles. The Balaban J connectivity index is 0.888. The van der Waals surface area contributed by atoms with E-state index in [1.54, 1.807) is 37.9 Å². The van der Waals surface area contributed by atoms with Crippen LogP contribution < -0.4 is 32.7 Å². The van der Waals surface area contributed by atoms with E-state index in [0.717, 1.165) is 37.7 Å². The number of imide groups is 1. The molecule has 5 aromatic rings. The minimum Gasteiger partial charge on any atom is -0.370 e. The number of carbonyl (C=O) groups is 9. The first-order valence-electron chi connectivity index (χ1n) is 28.1.